The third-order valence-corrected chi connectivity index (χ3v) is 3.96. The molecule has 0 radical (unpaired) electrons. The van der Waals surface area contributed by atoms with Crippen molar-refractivity contribution in [1.29, 1.82) is 0 Å². The first-order valence-electron chi connectivity index (χ1n) is 6.28. The van der Waals surface area contributed by atoms with Crippen LogP contribution >= 0.6 is 0 Å². The Labute approximate surface area is 97.8 Å². The van der Waals surface area contributed by atoms with Gasteiger partial charge in [0, 0.05) is 32.2 Å². The molecule has 2 heterocycles. The first-order chi connectivity index (χ1) is 7.54. The second-order valence-electron chi connectivity index (χ2n) is 5.67. The molecule has 0 aromatic heterocycles. The normalized spacial score (nSPS) is 26.9. The summed E-state index contributed by atoms with van der Waals surface area (Å²) < 4.78 is 0. The van der Waals surface area contributed by atoms with Crippen molar-refractivity contribution in [2.45, 2.75) is 32.7 Å². The molecule has 0 saturated carbocycles. The number of nitrogens with zero attached hydrogens (tertiary/aromatic N) is 2. The van der Waals surface area contributed by atoms with Gasteiger partial charge in [-0.1, -0.05) is 0 Å². The summed E-state index contributed by atoms with van der Waals surface area (Å²) in [5.74, 6) is 0.224. The van der Waals surface area contributed by atoms with E-state index in [2.05, 4.69) is 4.90 Å². The number of carbonyl (C=O) groups excluding carboxylic acids is 1. The molecule has 0 bridgehead atoms. The zero-order chi connectivity index (χ0) is 11.8. The zero-order valence-electron chi connectivity index (χ0n) is 10.4. The summed E-state index contributed by atoms with van der Waals surface area (Å²) in [6.45, 7) is 8.34. The molecule has 0 aliphatic carbocycles. The van der Waals surface area contributed by atoms with Crippen molar-refractivity contribution in [2.24, 2.45) is 11.1 Å². The fraction of sp³-hybridized carbons (Fsp3) is 0.917. The molecule has 0 aromatic carbocycles. The van der Waals surface area contributed by atoms with E-state index in [-0.39, 0.29) is 5.91 Å². The van der Waals surface area contributed by atoms with Crippen molar-refractivity contribution in [3.63, 3.8) is 0 Å². The molecule has 2 aliphatic rings. The fourth-order valence-corrected chi connectivity index (χ4v) is 2.69. The van der Waals surface area contributed by atoms with Crippen LogP contribution in [0.4, 0.5) is 0 Å². The Kier molecular flexibility index (Phi) is 3.22. The van der Waals surface area contributed by atoms with Crippen LogP contribution in [0.1, 0.15) is 26.7 Å². The van der Waals surface area contributed by atoms with Gasteiger partial charge in [0.2, 0.25) is 5.91 Å². The van der Waals surface area contributed by atoms with Gasteiger partial charge >= 0.3 is 0 Å². The highest BCUT2D eigenvalue weighted by Gasteiger charge is 2.37. The molecule has 1 unspecified atom stereocenters. The predicted molar refractivity (Wildman–Crippen MR) is 64.0 cm³/mol. The highest BCUT2D eigenvalue weighted by Crippen LogP contribution is 2.25. The smallest absolute Gasteiger partial charge is 0.229 e. The van der Waals surface area contributed by atoms with E-state index < -0.39 is 5.41 Å². The largest absolute Gasteiger partial charge is 0.339 e. The van der Waals surface area contributed by atoms with Gasteiger partial charge in [0.25, 0.3) is 0 Å². The second kappa shape index (κ2) is 4.34. The number of carbonyl (C=O) groups is 1. The standard InChI is InChI=1S/C12H23N3O/c1-12(2,9-13)11(16)15-7-6-14-5-3-4-10(14)8-15/h10H,3-9,13H2,1-2H3. The van der Waals surface area contributed by atoms with Gasteiger partial charge in [-0.25, -0.2) is 0 Å². The molecule has 4 nitrogen and oxygen atoms in total. The van der Waals surface area contributed by atoms with E-state index in [4.69, 9.17) is 5.73 Å². The number of amides is 1. The van der Waals surface area contributed by atoms with Crippen LogP contribution in [-0.4, -0.2) is 54.5 Å². The third kappa shape index (κ3) is 2.09. The average molecular weight is 225 g/mol. The molecule has 1 atom stereocenters. The number of nitrogens with two attached hydrogens (primary N) is 1. The molecule has 2 saturated heterocycles. The third-order valence-electron chi connectivity index (χ3n) is 3.96. The van der Waals surface area contributed by atoms with Crippen molar-refractivity contribution in [2.75, 3.05) is 32.7 Å². The Morgan fingerprint density at radius 1 is 1.38 bits per heavy atom. The maximum absolute atomic E-state index is 12.3. The number of fused-ring (bicyclic) bond motifs is 1. The minimum absolute atomic E-state index is 0.224. The maximum Gasteiger partial charge on any atom is 0.229 e. The quantitative estimate of drug-likeness (QED) is 0.734. The van der Waals surface area contributed by atoms with Gasteiger partial charge < -0.3 is 10.6 Å². The van der Waals surface area contributed by atoms with Gasteiger partial charge in [0.1, 0.15) is 0 Å². The Balaban J connectivity index is 1.98. The molecule has 2 fully saturated rings. The van der Waals surface area contributed by atoms with Crippen molar-refractivity contribution >= 4 is 5.91 Å². The Bertz CT molecular complexity index is 277. The first-order valence-corrected chi connectivity index (χ1v) is 6.28. The van der Waals surface area contributed by atoms with E-state index in [0.717, 1.165) is 19.6 Å². The first kappa shape index (κ1) is 11.9. The van der Waals surface area contributed by atoms with E-state index in [9.17, 15) is 4.79 Å². The molecule has 2 aliphatic heterocycles. The topological polar surface area (TPSA) is 49.6 Å². The minimum atomic E-state index is -0.402. The summed E-state index contributed by atoms with van der Waals surface area (Å²) in [6, 6.07) is 0.603. The monoisotopic (exact) mass is 225 g/mol. The summed E-state index contributed by atoms with van der Waals surface area (Å²) >= 11 is 0. The lowest BCUT2D eigenvalue weighted by Crippen LogP contribution is -2.55. The number of rotatable bonds is 2. The SMILES string of the molecule is CC(C)(CN)C(=O)N1CCN2CCCC2C1. The van der Waals surface area contributed by atoms with Crippen LogP contribution < -0.4 is 5.73 Å². The van der Waals surface area contributed by atoms with E-state index in [1.807, 2.05) is 18.7 Å². The molecule has 2 rings (SSSR count). The van der Waals surface area contributed by atoms with Crippen molar-refractivity contribution in [1.82, 2.24) is 9.80 Å². The lowest BCUT2D eigenvalue weighted by molar-refractivity contribution is -0.142. The molecule has 0 spiro atoms. The lowest BCUT2D eigenvalue weighted by atomic mass is 9.91. The van der Waals surface area contributed by atoms with Gasteiger partial charge in [0.15, 0.2) is 0 Å². The number of piperazine rings is 1. The Morgan fingerprint density at radius 3 is 2.81 bits per heavy atom. The molecular weight excluding hydrogens is 202 g/mol. The van der Waals surface area contributed by atoms with Crippen LogP contribution in [0.15, 0.2) is 0 Å². The van der Waals surface area contributed by atoms with Gasteiger partial charge in [-0.2, -0.15) is 0 Å². The van der Waals surface area contributed by atoms with E-state index in [0.29, 0.717) is 12.6 Å². The van der Waals surface area contributed by atoms with Gasteiger partial charge in [-0.05, 0) is 33.2 Å². The van der Waals surface area contributed by atoms with Crippen LogP contribution in [0.3, 0.4) is 0 Å². The van der Waals surface area contributed by atoms with Crippen LogP contribution in [0.25, 0.3) is 0 Å². The van der Waals surface area contributed by atoms with Crippen molar-refractivity contribution in [3.05, 3.63) is 0 Å². The molecule has 2 N–H and O–H groups in total. The molecule has 16 heavy (non-hydrogen) atoms. The molecule has 1 amide bonds. The van der Waals surface area contributed by atoms with Crippen LogP contribution in [-0.2, 0) is 4.79 Å². The van der Waals surface area contributed by atoms with Crippen LogP contribution in [0.5, 0.6) is 0 Å². The van der Waals surface area contributed by atoms with E-state index in [1.165, 1.54) is 19.4 Å². The second-order valence-corrected chi connectivity index (χ2v) is 5.67. The number of hydrogen-bond acceptors (Lipinski definition) is 3. The molecule has 92 valence electrons. The average Bonchev–Trinajstić information content (AvgIpc) is 2.74. The predicted octanol–water partition coefficient (Wildman–Crippen LogP) is 0.278. The summed E-state index contributed by atoms with van der Waals surface area (Å²) in [5, 5.41) is 0. The number of hydrogen-bond donors (Lipinski definition) is 1. The maximum atomic E-state index is 12.3. The van der Waals surface area contributed by atoms with E-state index >= 15 is 0 Å². The van der Waals surface area contributed by atoms with Crippen molar-refractivity contribution in [3.8, 4) is 0 Å². The Hall–Kier alpha value is -0.610. The zero-order valence-corrected chi connectivity index (χ0v) is 10.4. The van der Waals surface area contributed by atoms with E-state index in [1.54, 1.807) is 0 Å². The van der Waals surface area contributed by atoms with Crippen LogP contribution in [0, 0.1) is 5.41 Å². The molecule has 0 aromatic rings. The van der Waals surface area contributed by atoms with Gasteiger partial charge in [-0.15, -0.1) is 0 Å². The summed E-state index contributed by atoms with van der Waals surface area (Å²) in [4.78, 5) is 16.8. The lowest BCUT2D eigenvalue weighted by Gasteiger charge is -2.40. The van der Waals surface area contributed by atoms with Crippen LogP contribution in [0.2, 0.25) is 0 Å². The molecular formula is C12H23N3O. The minimum Gasteiger partial charge on any atom is -0.339 e. The highest BCUT2D eigenvalue weighted by molar-refractivity contribution is 5.82. The molecule has 4 heteroatoms. The van der Waals surface area contributed by atoms with Crippen molar-refractivity contribution < 1.29 is 4.79 Å². The van der Waals surface area contributed by atoms with Gasteiger partial charge in [-0.3, -0.25) is 9.69 Å². The summed E-state index contributed by atoms with van der Waals surface area (Å²) in [5.41, 5.74) is 5.26. The summed E-state index contributed by atoms with van der Waals surface area (Å²) in [6.07, 6.45) is 2.53. The Morgan fingerprint density at radius 2 is 2.12 bits per heavy atom. The highest BCUT2D eigenvalue weighted by atomic mass is 16.2. The van der Waals surface area contributed by atoms with Gasteiger partial charge in [0.05, 0.1) is 5.41 Å². The summed E-state index contributed by atoms with van der Waals surface area (Å²) in [7, 11) is 0. The fourth-order valence-electron chi connectivity index (χ4n) is 2.69.